The van der Waals surface area contributed by atoms with Crippen LogP contribution in [0.15, 0.2) is 0 Å². The molecule has 0 aromatic rings. The summed E-state index contributed by atoms with van der Waals surface area (Å²) < 4.78 is 0. The van der Waals surface area contributed by atoms with Crippen LogP contribution in [0.4, 0.5) is 0 Å². The maximum atomic E-state index is 10.2. The highest BCUT2D eigenvalue weighted by Crippen LogP contribution is 2.08. The Morgan fingerprint density at radius 2 is 1.62 bits per heavy atom. The summed E-state index contributed by atoms with van der Waals surface area (Å²) in [7, 11) is 9.87. The van der Waals surface area contributed by atoms with E-state index in [-0.39, 0.29) is 0 Å². The third-order valence-corrected chi connectivity index (χ3v) is 1.79. The summed E-state index contributed by atoms with van der Waals surface area (Å²) >= 11 is 0. The monoisotopic (exact) mass is 187 g/mol. The molecule has 13 heavy (non-hydrogen) atoms. The Morgan fingerprint density at radius 3 is 1.85 bits per heavy atom. The van der Waals surface area contributed by atoms with Crippen molar-refractivity contribution >= 4 is 6.41 Å². The fourth-order valence-corrected chi connectivity index (χ4v) is 1.01. The number of amides is 1. The van der Waals surface area contributed by atoms with Crippen LogP contribution in [-0.4, -0.2) is 75.5 Å². The van der Waals surface area contributed by atoms with Crippen LogP contribution in [-0.2, 0) is 4.79 Å². The number of rotatable bonds is 2. The molecule has 1 heterocycles. The molecule has 4 heteroatoms. The van der Waals surface area contributed by atoms with Crippen LogP contribution in [0.5, 0.6) is 0 Å². The molecule has 0 aromatic carbocycles. The molecule has 0 spiro atoms. The summed E-state index contributed by atoms with van der Waals surface area (Å²) in [6.45, 7) is 2.05. The van der Waals surface area contributed by atoms with Crippen LogP contribution in [0.3, 0.4) is 0 Å². The Bertz CT molecular complexity index is 141. The lowest BCUT2D eigenvalue weighted by atomic mass is 10.1. The Morgan fingerprint density at radius 1 is 1.23 bits per heavy atom. The van der Waals surface area contributed by atoms with Gasteiger partial charge in [-0.15, -0.1) is 0 Å². The van der Waals surface area contributed by atoms with E-state index in [2.05, 4.69) is 11.9 Å². The van der Waals surface area contributed by atoms with E-state index in [9.17, 15) is 4.79 Å². The first-order valence-corrected chi connectivity index (χ1v) is 4.44. The van der Waals surface area contributed by atoms with Crippen molar-refractivity contribution in [2.45, 2.75) is 6.04 Å². The molecular formula is C9H21N3O. The van der Waals surface area contributed by atoms with Crippen molar-refractivity contribution in [3.8, 4) is 0 Å². The molecule has 1 saturated heterocycles. The highest BCUT2D eigenvalue weighted by atomic mass is 16.1. The van der Waals surface area contributed by atoms with E-state index >= 15 is 0 Å². The minimum atomic E-state index is 0.465. The van der Waals surface area contributed by atoms with E-state index in [1.165, 1.54) is 0 Å². The molecule has 0 saturated carbocycles. The van der Waals surface area contributed by atoms with Crippen LogP contribution in [0.2, 0.25) is 0 Å². The average molecular weight is 187 g/mol. The lowest BCUT2D eigenvalue weighted by Gasteiger charge is -2.40. The SMILES string of the molecule is CN(C)C.CN1CC(N(C)C=O)C1. The van der Waals surface area contributed by atoms with Crippen molar-refractivity contribution in [2.75, 3.05) is 48.3 Å². The maximum Gasteiger partial charge on any atom is 0.209 e. The normalized spacial score (nSPS) is 17.4. The predicted molar refractivity (Wildman–Crippen MR) is 54.7 cm³/mol. The van der Waals surface area contributed by atoms with Gasteiger partial charge in [0.1, 0.15) is 0 Å². The Labute approximate surface area is 81.1 Å². The average Bonchev–Trinajstić information content (AvgIpc) is 1.96. The van der Waals surface area contributed by atoms with Crippen LogP contribution in [0, 0.1) is 0 Å². The number of carbonyl (C=O) groups excluding carboxylic acids is 1. The third-order valence-electron chi connectivity index (χ3n) is 1.79. The van der Waals surface area contributed by atoms with Gasteiger partial charge < -0.3 is 14.7 Å². The molecule has 0 bridgehead atoms. The number of likely N-dealkylation sites (N-methyl/N-ethyl adjacent to an activating group) is 2. The van der Waals surface area contributed by atoms with Crippen molar-refractivity contribution in [3.05, 3.63) is 0 Å². The van der Waals surface area contributed by atoms with Gasteiger partial charge in [0.05, 0.1) is 6.04 Å². The topological polar surface area (TPSA) is 26.8 Å². The predicted octanol–water partition coefficient (Wildman–Crippen LogP) is -0.434. The van der Waals surface area contributed by atoms with Gasteiger partial charge in [0.15, 0.2) is 0 Å². The molecule has 1 aliphatic heterocycles. The molecule has 4 nitrogen and oxygen atoms in total. The first-order valence-electron chi connectivity index (χ1n) is 4.44. The van der Waals surface area contributed by atoms with Crippen LogP contribution in [0.25, 0.3) is 0 Å². The lowest BCUT2D eigenvalue weighted by Crippen LogP contribution is -2.56. The van der Waals surface area contributed by atoms with Crippen LogP contribution in [0.1, 0.15) is 0 Å². The fourth-order valence-electron chi connectivity index (χ4n) is 1.01. The van der Waals surface area contributed by atoms with Crippen molar-refractivity contribution in [3.63, 3.8) is 0 Å². The first kappa shape index (κ1) is 12.4. The number of likely N-dealkylation sites (tertiary alicyclic amines) is 1. The second-order valence-corrected chi connectivity index (χ2v) is 3.99. The summed E-state index contributed by atoms with van der Waals surface area (Å²) in [6.07, 6.45) is 0.887. The lowest BCUT2D eigenvalue weighted by molar-refractivity contribution is -0.121. The second kappa shape index (κ2) is 5.94. The third kappa shape index (κ3) is 5.60. The number of hydrogen-bond acceptors (Lipinski definition) is 3. The summed E-state index contributed by atoms with van der Waals surface area (Å²) in [4.78, 5) is 16.1. The maximum absolute atomic E-state index is 10.2. The fraction of sp³-hybridized carbons (Fsp3) is 0.889. The van der Waals surface area contributed by atoms with Crippen molar-refractivity contribution in [1.82, 2.24) is 14.7 Å². The highest BCUT2D eigenvalue weighted by Gasteiger charge is 2.25. The van der Waals surface area contributed by atoms with Crippen LogP contribution >= 0.6 is 0 Å². The van der Waals surface area contributed by atoms with Gasteiger partial charge in [-0.05, 0) is 28.2 Å². The molecule has 0 aliphatic carbocycles. The summed E-state index contributed by atoms with van der Waals surface area (Å²) in [5.74, 6) is 0. The van der Waals surface area contributed by atoms with Gasteiger partial charge in [0.2, 0.25) is 6.41 Å². The largest absolute Gasteiger partial charge is 0.343 e. The molecule has 78 valence electrons. The van der Waals surface area contributed by atoms with Gasteiger partial charge in [0, 0.05) is 20.1 Å². The van der Waals surface area contributed by atoms with Crippen LogP contribution < -0.4 is 0 Å². The molecule has 1 rings (SSSR count). The number of nitrogens with zero attached hydrogens (tertiary/aromatic N) is 3. The van der Waals surface area contributed by atoms with Gasteiger partial charge in [0.25, 0.3) is 0 Å². The van der Waals surface area contributed by atoms with E-state index < -0.39 is 0 Å². The van der Waals surface area contributed by atoms with Gasteiger partial charge in [-0.3, -0.25) is 4.79 Å². The Kier molecular flexibility index (Phi) is 5.66. The molecular weight excluding hydrogens is 166 g/mol. The first-order chi connectivity index (χ1) is 5.97. The standard InChI is InChI=1S/C6H12N2O.C3H9N/c1-7-3-6(4-7)8(2)5-9;1-4(2)3/h5-6H,3-4H2,1-2H3;1-3H3. The summed E-state index contributed by atoms with van der Waals surface area (Å²) in [6, 6.07) is 0.465. The number of hydrogen-bond donors (Lipinski definition) is 0. The smallest absolute Gasteiger partial charge is 0.209 e. The highest BCUT2D eigenvalue weighted by molar-refractivity contribution is 5.47. The van der Waals surface area contributed by atoms with Crippen molar-refractivity contribution < 1.29 is 4.79 Å². The molecule has 0 atom stereocenters. The Balaban J connectivity index is 0.000000310. The van der Waals surface area contributed by atoms with Gasteiger partial charge >= 0.3 is 0 Å². The summed E-state index contributed by atoms with van der Waals surface area (Å²) in [5.41, 5.74) is 0. The van der Waals surface area contributed by atoms with E-state index in [4.69, 9.17) is 0 Å². The van der Waals surface area contributed by atoms with Gasteiger partial charge in [-0.25, -0.2) is 0 Å². The molecule has 0 radical (unpaired) electrons. The minimum absolute atomic E-state index is 0.465. The van der Waals surface area contributed by atoms with E-state index in [1.807, 2.05) is 33.1 Å². The molecule has 1 fully saturated rings. The van der Waals surface area contributed by atoms with E-state index in [0.29, 0.717) is 6.04 Å². The number of carbonyl (C=O) groups is 1. The van der Waals surface area contributed by atoms with Crippen molar-refractivity contribution in [1.29, 1.82) is 0 Å². The quantitative estimate of drug-likeness (QED) is 0.549. The zero-order valence-electron chi connectivity index (χ0n) is 9.32. The van der Waals surface area contributed by atoms with Gasteiger partial charge in [-0.2, -0.15) is 0 Å². The molecule has 0 N–H and O–H groups in total. The van der Waals surface area contributed by atoms with Crippen molar-refractivity contribution in [2.24, 2.45) is 0 Å². The molecule has 0 aromatic heterocycles. The van der Waals surface area contributed by atoms with E-state index in [0.717, 1.165) is 19.5 Å². The zero-order valence-corrected chi connectivity index (χ0v) is 9.32. The second-order valence-electron chi connectivity index (χ2n) is 3.99. The zero-order chi connectivity index (χ0) is 10.4. The van der Waals surface area contributed by atoms with Gasteiger partial charge in [-0.1, -0.05) is 0 Å². The Hall–Kier alpha value is -0.610. The van der Waals surface area contributed by atoms with E-state index in [1.54, 1.807) is 4.90 Å². The molecule has 1 amide bonds. The molecule has 1 aliphatic rings. The molecule has 0 unspecified atom stereocenters. The minimum Gasteiger partial charge on any atom is -0.343 e. The summed E-state index contributed by atoms with van der Waals surface area (Å²) in [5, 5.41) is 0.